The minimum Gasteiger partial charge on any atom is -0.426 e. The summed E-state index contributed by atoms with van der Waals surface area (Å²) in [5.74, 6) is 0. The van der Waals surface area contributed by atoms with Gasteiger partial charge >= 0.3 is 0 Å². The van der Waals surface area contributed by atoms with Crippen LogP contribution in [-0.2, 0) is 22.1 Å². The second-order valence-corrected chi connectivity index (χ2v) is 10.7. The molecule has 0 saturated heterocycles. The lowest BCUT2D eigenvalue weighted by atomic mass is 9.36. The lowest BCUT2D eigenvalue weighted by molar-refractivity contribution is -0.210. The summed E-state index contributed by atoms with van der Waals surface area (Å²) < 4.78 is 24.1. The van der Waals surface area contributed by atoms with Crippen LogP contribution < -0.4 is 5.32 Å². The molecule has 1 fully saturated rings. The first-order valence-electron chi connectivity index (χ1n) is 11.4. The van der Waals surface area contributed by atoms with E-state index in [4.69, 9.17) is 4.43 Å². The molecule has 0 amide bonds. The van der Waals surface area contributed by atoms with E-state index < -0.39 is 16.6 Å². The number of hydrogen-bond acceptors (Lipinski definition) is 2. The Labute approximate surface area is 194 Å². The van der Waals surface area contributed by atoms with Gasteiger partial charge in [0.2, 0.25) is 0 Å². The van der Waals surface area contributed by atoms with Crippen LogP contribution in [0.15, 0.2) is 91.0 Å². The predicted octanol–water partition coefficient (Wildman–Crippen LogP) is 5.06. The van der Waals surface area contributed by atoms with Gasteiger partial charge in [-0.05, 0) is 28.5 Å². The monoisotopic (exact) mass is 447 g/mol. The predicted molar refractivity (Wildman–Crippen MR) is 133 cm³/mol. The third kappa shape index (κ3) is 3.36. The summed E-state index contributed by atoms with van der Waals surface area (Å²) in [5, 5.41) is 3.66. The number of benzene rings is 3. The molecule has 168 valence electrons. The van der Waals surface area contributed by atoms with E-state index in [9.17, 15) is 0 Å². The molecule has 0 aliphatic heterocycles. The molecule has 2 nitrogen and oxygen atoms in total. The number of halogens is 1. The zero-order valence-electron chi connectivity index (χ0n) is 19.6. The molecule has 32 heavy (non-hydrogen) atoms. The average molecular weight is 448 g/mol. The first kappa shape index (κ1) is 22.9. The van der Waals surface area contributed by atoms with Crippen LogP contribution in [0, 0.1) is 5.41 Å². The maximum absolute atomic E-state index is 18.2. The fourth-order valence-corrected chi connectivity index (χ4v) is 6.42. The normalized spacial score (nSPS) is 27.8. The highest BCUT2D eigenvalue weighted by Crippen LogP contribution is 2.71. The lowest BCUT2D eigenvalue weighted by Gasteiger charge is -2.71. The fraction of sp³-hybridized carbons (Fsp3) is 0.357. The lowest BCUT2D eigenvalue weighted by Crippen LogP contribution is -2.82. The van der Waals surface area contributed by atoms with E-state index in [1.165, 1.54) is 0 Å². The zero-order valence-corrected chi connectivity index (χ0v) is 21.6. The maximum atomic E-state index is 18.2. The van der Waals surface area contributed by atoms with Gasteiger partial charge in [-0.3, -0.25) is 0 Å². The van der Waals surface area contributed by atoms with Gasteiger partial charge < -0.3 is 9.74 Å². The molecule has 3 unspecified atom stereocenters. The van der Waals surface area contributed by atoms with Gasteiger partial charge in [0.25, 0.3) is 0 Å². The van der Waals surface area contributed by atoms with Crippen LogP contribution >= 0.6 is 0 Å². The Hall–Kier alpha value is -2.27. The number of hydrogen-bond donors (Lipinski definition) is 1. The van der Waals surface area contributed by atoms with Crippen LogP contribution in [0.1, 0.15) is 43.9 Å². The van der Waals surface area contributed by atoms with E-state index in [-0.39, 0.29) is 5.41 Å². The Morgan fingerprint density at radius 2 is 1.34 bits per heavy atom. The van der Waals surface area contributed by atoms with Gasteiger partial charge in [0.15, 0.2) is 5.67 Å². The molecule has 3 aromatic rings. The molecule has 0 bridgehead atoms. The zero-order chi connectivity index (χ0) is 22.9. The molecule has 0 aromatic heterocycles. The molecule has 4 heteroatoms. The topological polar surface area (TPSA) is 21.3 Å². The van der Waals surface area contributed by atoms with Crippen LogP contribution in [-0.4, -0.2) is 22.6 Å². The van der Waals surface area contributed by atoms with E-state index in [1.54, 1.807) is 0 Å². The summed E-state index contributed by atoms with van der Waals surface area (Å²) in [5.41, 5.74) is -0.596. The molecule has 4 rings (SSSR count). The van der Waals surface area contributed by atoms with Gasteiger partial charge in [0.1, 0.15) is 10.5 Å². The third-order valence-corrected chi connectivity index (χ3v) is 7.69. The molecule has 1 aliphatic rings. The SMILES string of the molecule is CC(C)(C)C1(c2ccccc2)CC(CO[SiH3])(NCc2ccccc2)C1(F)c1ccccc1. The first-order valence-corrected chi connectivity index (χ1v) is 12.2. The van der Waals surface area contributed by atoms with Crippen molar-refractivity contribution < 1.29 is 8.82 Å². The van der Waals surface area contributed by atoms with Crippen LogP contribution in [0.3, 0.4) is 0 Å². The molecule has 1 saturated carbocycles. The Kier molecular flexibility index (Phi) is 6.14. The molecule has 1 N–H and O–H groups in total. The van der Waals surface area contributed by atoms with Crippen LogP contribution in [0.5, 0.6) is 0 Å². The smallest absolute Gasteiger partial charge is 0.166 e. The second kappa shape index (κ2) is 8.58. The van der Waals surface area contributed by atoms with Crippen molar-refractivity contribution in [1.29, 1.82) is 0 Å². The number of alkyl halides is 1. The van der Waals surface area contributed by atoms with E-state index in [0.29, 0.717) is 35.6 Å². The van der Waals surface area contributed by atoms with Gasteiger partial charge in [0.05, 0.1) is 12.1 Å². The summed E-state index contributed by atoms with van der Waals surface area (Å²) in [4.78, 5) is 0. The Morgan fingerprint density at radius 1 is 0.844 bits per heavy atom. The molecular weight excluding hydrogens is 413 g/mol. The fourth-order valence-electron chi connectivity index (χ4n) is 5.93. The quantitative estimate of drug-likeness (QED) is 0.511. The summed E-state index contributed by atoms with van der Waals surface area (Å²) in [6.07, 6.45) is 0.661. The van der Waals surface area contributed by atoms with Crippen molar-refractivity contribution in [3.63, 3.8) is 0 Å². The van der Waals surface area contributed by atoms with E-state index >= 15 is 4.39 Å². The van der Waals surface area contributed by atoms with E-state index in [1.807, 2.05) is 66.7 Å². The summed E-state index contributed by atoms with van der Waals surface area (Å²) in [6, 6.07) is 30.2. The van der Waals surface area contributed by atoms with Gasteiger partial charge in [-0.1, -0.05) is 112 Å². The minimum atomic E-state index is -1.65. The molecule has 0 radical (unpaired) electrons. The van der Waals surface area contributed by atoms with Crippen molar-refractivity contribution in [1.82, 2.24) is 5.32 Å². The maximum Gasteiger partial charge on any atom is 0.166 e. The Morgan fingerprint density at radius 3 is 1.84 bits per heavy atom. The molecule has 1 aliphatic carbocycles. The number of rotatable bonds is 7. The molecule has 3 atom stereocenters. The first-order chi connectivity index (χ1) is 15.3. The Balaban J connectivity index is 1.89. The second-order valence-electron chi connectivity index (χ2n) is 10.1. The molecular formula is C28H34FNOSi. The van der Waals surface area contributed by atoms with Gasteiger partial charge in [-0.15, -0.1) is 0 Å². The van der Waals surface area contributed by atoms with Gasteiger partial charge in [0, 0.05) is 12.0 Å². The van der Waals surface area contributed by atoms with Crippen molar-refractivity contribution in [2.24, 2.45) is 5.41 Å². The van der Waals surface area contributed by atoms with Crippen molar-refractivity contribution in [2.45, 2.75) is 50.4 Å². The average Bonchev–Trinajstić information content (AvgIpc) is 2.81. The number of nitrogens with one attached hydrogen (secondary N) is 1. The summed E-state index contributed by atoms with van der Waals surface area (Å²) >= 11 is 0. The highest BCUT2D eigenvalue weighted by Gasteiger charge is 2.79. The van der Waals surface area contributed by atoms with E-state index in [2.05, 4.69) is 50.4 Å². The van der Waals surface area contributed by atoms with Crippen LogP contribution in [0.2, 0.25) is 0 Å². The minimum absolute atomic E-state index is 0.317. The van der Waals surface area contributed by atoms with Crippen molar-refractivity contribution in [2.75, 3.05) is 6.61 Å². The summed E-state index contributed by atoms with van der Waals surface area (Å²) in [6.45, 7) is 7.45. The highest BCUT2D eigenvalue weighted by molar-refractivity contribution is 5.98. The van der Waals surface area contributed by atoms with Crippen LogP contribution in [0.4, 0.5) is 4.39 Å². The standard InChI is InChI=1S/C28H34FNOSi/c1-25(2,3)27(23-15-9-5-10-16-23)20-26(21-31-32,30-19-22-13-7-4-8-14-22)28(27,29)24-17-11-6-12-18-24/h4-18,30H,19-21H2,1-3,32H3. The van der Waals surface area contributed by atoms with Gasteiger partial charge in [-0.2, -0.15) is 0 Å². The van der Waals surface area contributed by atoms with Crippen molar-refractivity contribution >= 4 is 10.5 Å². The molecule has 3 aromatic carbocycles. The van der Waals surface area contributed by atoms with Crippen molar-refractivity contribution in [3.8, 4) is 0 Å². The van der Waals surface area contributed by atoms with E-state index in [0.717, 1.165) is 11.1 Å². The molecule has 0 heterocycles. The van der Waals surface area contributed by atoms with Crippen LogP contribution in [0.25, 0.3) is 0 Å². The van der Waals surface area contributed by atoms with Crippen molar-refractivity contribution in [3.05, 3.63) is 108 Å². The summed E-state index contributed by atoms with van der Waals surface area (Å²) in [7, 11) is 0.564. The third-order valence-electron chi connectivity index (χ3n) is 7.40. The Bertz CT molecular complexity index is 1020. The highest BCUT2D eigenvalue weighted by atomic mass is 28.2. The molecule has 0 spiro atoms. The largest absolute Gasteiger partial charge is 0.426 e. The van der Waals surface area contributed by atoms with Gasteiger partial charge in [-0.25, -0.2) is 4.39 Å².